The van der Waals surface area contributed by atoms with Gasteiger partial charge in [-0.1, -0.05) is 97.1 Å². The summed E-state index contributed by atoms with van der Waals surface area (Å²) in [5.41, 5.74) is 7.47. The van der Waals surface area contributed by atoms with E-state index in [-0.39, 0.29) is 0 Å². The van der Waals surface area contributed by atoms with Gasteiger partial charge >= 0.3 is 0 Å². The highest BCUT2D eigenvalue weighted by molar-refractivity contribution is 5.88. The Bertz CT molecular complexity index is 1120. The average Bonchev–Trinajstić information content (AvgIpc) is 2.99. The smallest absolute Gasteiger partial charge is 0.0490 e. The summed E-state index contributed by atoms with van der Waals surface area (Å²) >= 11 is 0. The molecule has 0 N–H and O–H groups in total. The van der Waals surface area contributed by atoms with Crippen molar-refractivity contribution in [3.8, 4) is 0 Å². The molecule has 0 aliphatic carbocycles. The molecule has 0 bridgehead atoms. The molecule has 29 heavy (non-hydrogen) atoms. The van der Waals surface area contributed by atoms with Crippen LogP contribution in [0.15, 0.2) is 97.6 Å². The standard InChI is InChI=1S/C28H29N/c1-5-7-8-18-27-23(4)26-17-9-10-19-28(26)29(27)20-12-16-24(13-6-2)25-15-11-14-22(3)21-25/h5-19,21H,2,20H2,1,3-4H3/b7-5-,16-12-,18-8-,24-13+. The van der Waals surface area contributed by atoms with Crippen LogP contribution < -0.4 is 0 Å². The Kier molecular flexibility index (Phi) is 6.86. The van der Waals surface area contributed by atoms with E-state index < -0.39 is 0 Å². The third-order valence-electron chi connectivity index (χ3n) is 5.07. The highest BCUT2D eigenvalue weighted by atomic mass is 15.0. The summed E-state index contributed by atoms with van der Waals surface area (Å²) in [4.78, 5) is 0. The van der Waals surface area contributed by atoms with Gasteiger partial charge in [0.2, 0.25) is 0 Å². The van der Waals surface area contributed by atoms with Crippen molar-refractivity contribution < 1.29 is 0 Å². The van der Waals surface area contributed by atoms with Crippen LogP contribution in [0.5, 0.6) is 0 Å². The fourth-order valence-corrected chi connectivity index (χ4v) is 3.65. The third kappa shape index (κ3) is 4.75. The van der Waals surface area contributed by atoms with Gasteiger partial charge in [0, 0.05) is 23.1 Å². The first kappa shape index (κ1) is 20.4. The number of fused-ring (bicyclic) bond motifs is 1. The molecule has 1 heterocycles. The molecule has 0 atom stereocenters. The van der Waals surface area contributed by atoms with Crippen molar-refractivity contribution in [2.75, 3.05) is 0 Å². The Balaban J connectivity index is 1.97. The molecule has 0 saturated carbocycles. The molecule has 0 radical (unpaired) electrons. The number of aryl methyl sites for hydroxylation is 2. The lowest BCUT2D eigenvalue weighted by Gasteiger charge is -2.07. The van der Waals surface area contributed by atoms with Crippen molar-refractivity contribution in [2.24, 2.45) is 0 Å². The van der Waals surface area contributed by atoms with Crippen LogP contribution in [-0.4, -0.2) is 4.57 Å². The second kappa shape index (κ2) is 9.75. The number of nitrogens with zero attached hydrogens (tertiary/aromatic N) is 1. The highest BCUT2D eigenvalue weighted by Crippen LogP contribution is 2.27. The van der Waals surface area contributed by atoms with Crippen LogP contribution in [0.1, 0.15) is 29.3 Å². The molecule has 1 heteroatoms. The van der Waals surface area contributed by atoms with Gasteiger partial charge < -0.3 is 4.57 Å². The molecular weight excluding hydrogens is 350 g/mol. The van der Waals surface area contributed by atoms with Crippen LogP contribution in [0.4, 0.5) is 0 Å². The van der Waals surface area contributed by atoms with Crippen LogP contribution in [0.2, 0.25) is 0 Å². The molecule has 1 aromatic heterocycles. The van der Waals surface area contributed by atoms with E-state index in [4.69, 9.17) is 0 Å². The van der Waals surface area contributed by atoms with Crippen LogP contribution in [0, 0.1) is 13.8 Å². The minimum atomic E-state index is 0.810. The predicted molar refractivity (Wildman–Crippen MR) is 129 cm³/mol. The molecule has 146 valence electrons. The Hall–Kier alpha value is -3.32. The molecule has 0 unspecified atom stereocenters. The van der Waals surface area contributed by atoms with Crippen LogP contribution >= 0.6 is 0 Å². The van der Waals surface area contributed by atoms with Crippen molar-refractivity contribution in [1.82, 2.24) is 4.57 Å². The largest absolute Gasteiger partial charge is 0.337 e. The topological polar surface area (TPSA) is 4.93 Å². The first-order valence-electron chi connectivity index (χ1n) is 10.1. The zero-order valence-electron chi connectivity index (χ0n) is 17.6. The molecule has 0 aliphatic heterocycles. The second-order valence-corrected chi connectivity index (χ2v) is 7.15. The number of hydrogen-bond acceptors (Lipinski definition) is 0. The summed E-state index contributed by atoms with van der Waals surface area (Å²) in [5, 5.41) is 1.31. The summed E-state index contributed by atoms with van der Waals surface area (Å²) in [7, 11) is 0. The molecule has 0 fully saturated rings. The maximum atomic E-state index is 3.88. The van der Waals surface area contributed by atoms with Crippen molar-refractivity contribution in [1.29, 1.82) is 0 Å². The van der Waals surface area contributed by atoms with E-state index in [1.54, 1.807) is 0 Å². The van der Waals surface area contributed by atoms with Crippen molar-refractivity contribution in [2.45, 2.75) is 27.3 Å². The van der Waals surface area contributed by atoms with Crippen LogP contribution in [0.3, 0.4) is 0 Å². The maximum Gasteiger partial charge on any atom is 0.0490 e. The summed E-state index contributed by atoms with van der Waals surface area (Å²) < 4.78 is 2.38. The Morgan fingerprint density at radius 1 is 1.03 bits per heavy atom. The van der Waals surface area contributed by atoms with E-state index in [1.165, 1.54) is 38.9 Å². The van der Waals surface area contributed by atoms with Gasteiger partial charge in [-0.2, -0.15) is 0 Å². The van der Waals surface area contributed by atoms with E-state index in [0.29, 0.717) is 0 Å². The van der Waals surface area contributed by atoms with Gasteiger partial charge in [0.15, 0.2) is 0 Å². The maximum absolute atomic E-state index is 3.88. The fraction of sp³-hybridized carbons (Fsp3) is 0.143. The summed E-state index contributed by atoms with van der Waals surface area (Å²) in [6.07, 6.45) is 16.8. The van der Waals surface area contributed by atoms with Gasteiger partial charge in [0.25, 0.3) is 0 Å². The van der Waals surface area contributed by atoms with Crippen molar-refractivity contribution >= 4 is 22.6 Å². The normalized spacial score (nSPS) is 12.7. The Morgan fingerprint density at radius 2 is 1.86 bits per heavy atom. The molecule has 3 rings (SSSR count). The number of benzene rings is 2. The first-order valence-corrected chi connectivity index (χ1v) is 10.1. The number of hydrogen-bond donors (Lipinski definition) is 0. The van der Waals surface area contributed by atoms with Gasteiger partial charge in [-0.05, 0) is 49.6 Å². The Morgan fingerprint density at radius 3 is 2.62 bits per heavy atom. The minimum absolute atomic E-state index is 0.810. The first-order chi connectivity index (χ1) is 14.2. The number of rotatable bonds is 7. The average molecular weight is 380 g/mol. The zero-order valence-corrected chi connectivity index (χ0v) is 17.6. The van der Waals surface area contributed by atoms with E-state index in [9.17, 15) is 0 Å². The molecule has 0 aliphatic rings. The lowest BCUT2D eigenvalue weighted by Crippen LogP contribution is -1.98. The van der Waals surface area contributed by atoms with Gasteiger partial charge in [-0.3, -0.25) is 0 Å². The molecular formula is C28H29N. The fourth-order valence-electron chi connectivity index (χ4n) is 3.65. The predicted octanol–water partition coefficient (Wildman–Crippen LogP) is 7.67. The zero-order chi connectivity index (χ0) is 20.6. The van der Waals surface area contributed by atoms with E-state index >= 15 is 0 Å². The number of allylic oxidation sites excluding steroid dienone is 8. The number of aromatic nitrogens is 1. The van der Waals surface area contributed by atoms with Gasteiger partial charge in [0.05, 0.1) is 0 Å². The molecule has 1 nitrogen and oxygen atoms in total. The molecule has 2 aromatic carbocycles. The highest BCUT2D eigenvalue weighted by Gasteiger charge is 2.10. The lowest BCUT2D eigenvalue weighted by molar-refractivity contribution is 0.850. The number of para-hydroxylation sites is 1. The quantitative estimate of drug-likeness (QED) is 0.371. The minimum Gasteiger partial charge on any atom is -0.337 e. The van der Waals surface area contributed by atoms with E-state index in [0.717, 1.165) is 6.54 Å². The monoisotopic (exact) mass is 379 g/mol. The van der Waals surface area contributed by atoms with E-state index in [2.05, 4.69) is 110 Å². The molecule has 0 spiro atoms. The van der Waals surface area contributed by atoms with E-state index in [1.807, 2.05) is 19.1 Å². The molecule has 3 aromatic rings. The van der Waals surface area contributed by atoms with Gasteiger partial charge in [0.1, 0.15) is 0 Å². The molecule has 0 amide bonds. The molecule has 0 saturated heterocycles. The van der Waals surface area contributed by atoms with Gasteiger partial charge in [-0.25, -0.2) is 0 Å². The lowest BCUT2D eigenvalue weighted by atomic mass is 10.0. The summed E-state index contributed by atoms with van der Waals surface area (Å²) in [6, 6.07) is 17.2. The second-order valence-electron chi connectivity index (χ2n) is 7.15. The third-order valence-corrected chi connectivity index (χ3v) is 5.07. The Labute approximate surface area is 174 Å². The SMILES string of the molecule is C=C/C=C(\C=C/Cn1c(/C=C\C=C/C)c(C)c2ccccc21)c1cccc(C)c1. The van der Waals surface area contributed by atoms with Crippen LogP contribution in [0.25, 0.3) is 22.6 Å². The summed E-state index contributed by atoms with van der Waals surface area (Å²) in [5.74, 6) is 0. The van der Waals surface area contributed by atoms with Crippen molar-refractivity contribution in [3.63, 3.8) is 0 Å². The van der Waals surface area contributed by atoms with Gasteiger partial charge in [-0.15, -0.1) is 0 Å². The van der Waals surface area contributed by atoms with Crippen molar-refractivity contribution in [3.05, 3.63) is 120 Å². The van der Waals surface area contributed by atoms with Crippen LogP contribution in [-0.2, 0) is 6.54 Å². The summed E-state index contributed by atoms with van der Waals surface area (Å²) in [6.45, 7) is 11.1.